The Morgan fingerprint density at radius 2 is 1.30 bits per heavy atom. The SMILES string of the molecule is CCCCCCCCCCc1ccc(C(=O)Oc2ccc(CCC3CCCCC3)cc2)cc1. The molecule has 180 valence electrons. The summed E-state index contributed by atoms with van der Waals surface area (Å²) in [5, 5.41) is 0. The van der Waals surface area contributed by atoms with E-state index in [1.807, 2.05) is 24.3 Å². The Kier molecular flexibility index (Phi) is 11.6. The molecule has 3 rings (SSSR count). The van der Waals surface area contributed by atoms with Crippen molar-refractivity contribution in [3.63, 3.8) is 0 Å². The van der Waals surface area contributed by atoms with Gasteiger partial charge in [-0.15, -0.1) is 0 Å². The first-order valence-electron chi connectivity index (χ1n) is 13.6. The van der Waals surface area contributed by atoms with Gasteiger partial charge in [-0.3, -0.25) is 0 Å². The van der Waals surface area contributed by atoms with Crippen LogP contribution >= 0.6 is 0 Å². The van der Waals surface area contributed by atoms with Crippen molar-refractivity contribution in [3.05, 3.63) is 65.2 Å². The summed E-state index contributed by atoms with van der Waals surface area (Å²) in [7, 11) is 0. The molecule has 33 heavy (non-hydrogen) atoms. The van der Waals surface area contributed by atoms with Crippen LogP contribution in [0.4, 0.5) is 0 Å². The standard InChI is InChI=1S/C31H44O2/c1-2-3-4-5-6-7-8-10-15-27-18-22-29(23-19-27)31(32)33-30-24-20-28(21-25-30)17-16-26-13-11-9-12-14-26/h18-26H,2-17H2,1H3. The molecule has 0 N–H and O–H groups in total. The van der Waals surface area contributed by atoms with Crippen LogP contribution in [-0.2, 0) is 12.8 Å². The number of esters is 1. The smallest absolute Gasteiger partial charge is 0.343 e. The quantitative estimate of drug-likeness (QED) is 0.164. The molecule has 2 heteroatoms. The second-order valence-electron chi connectivity index (χ2n) is 10.00. The monoisotopic (exact) mass is 448 g/mol. The number of benzene rings is 2. The van der Waals surface area contributed by atoms with Crippen molar-refractivity contribution >= 4 is 5.97 Å². The Bertz CT molecular complexity index is 785. The van der Waals surface area contributed by atoms with Crippen LogP contribution in [0.5, 0.6) is 5.75 Å². The second kappa shape index (κ2) is 14.9. The fourth-order valence-electron chi connectivity index (χ4n) is 5.01. The Morgan fingerprint density at radius 1 is 0.727 bits per heavy atom. The van der Waals surface area contributed by atoms with E-state index in [4.69, 9.17) is 4.74 Å². The highest BCUT2D eigenvalue weighted by Crippen LogP contribution is 2.28. The van der Waals surface area contributed by atoms with E-state index in [0.717, 1.165) is 18.8 Å². The second-order valence-corrected chi connectivity index (χ2v) is 10.00. The lowest BCUT2D eigenvalue weighted by Gasteiger charge is -2.21. The molecule has 0 amide bonds. The van der Waals surface area contributed by atoms with E-state index in [0.29, 0.717) is 11.3 Å². The third-order valence-corrected chi connectivity index (χ3v) is 7.21. The Hall–Kier alpha value is -2.09. The van der Waals surface area contributed by atoms with Crippen molar-refractivity contribution in [1.82, 2.24) is 0 Å². The molecule has 0 atom stereocenters. The number of ether oxygens (including phenoxy) is 1. The van der Waals surface area contributed by atoms with Crippen LogP contribution in [0.25, 0.3) is 0 Å². The maximum atomic E-state index is 12.5. The van der Waals surface area contributed by atoms with Crippen LogP contribution in [0.1, 0.15) is 118 Å². The third kappa shape index (κ3) is 9.74. The zero-order valence-corrected chi connectivity index (χ0v) is 20.8. The molecule has 1 aliphatic rings. The zero-order valence-electron chi connectivity index (χ0n) is 20.8. The molecular weight excluding hydrogens is 404 g/mol. The van der Waals surface area contributed by atoms with Crippen LogP contribution in [0.3, 0.4) is 0 Å². The van der Waals surface area contributed by atoms with Crippen LogP contribution in [-0.4, -0.2) is 5.97 Å². The normalized spacial score (nSPS) is 14.3. The van der Waals surface area contributed by atoms with E-state index >= 15 is 0 Å². The van der Waals surface area contributed by atoms with Gasteiger partial charge >= 0.3 is 5.97 Å². The van der Waals surface area contributed by atoms with Crippen LogP contribution in [0.15, 0.2) is 48.5 Å². The highest BCUT2D eigenvalue weighted by molar-refractivity contribution is 5.91. The van der Waals surface area contributed by atoms with Crippen molar-refractivity contribution in [2.45, 2.75) is 110 Å². The summed E-state index contributed by atoms with van der Waals surface area (Å²) in [6.07, 6.45) is 21.2. The number of hydrogen-bond donors (Lipinski definition) is 0. The lowest BCUT2D eigenvalue weighted by Crippen LogP contribution is -2.09. The Labute approximate surface area is 202 Å². The van der Waals surface area contributed by atoms with Gasteiger partial charge in [-0.1, -0.05) is 108 Å². The molecule has 1 aliphatic carbocycles. The van der Waals surface area contributed by atoms with Gasteiger partial charge < -0.3 is 4.74 Å². The fourth-order valence-corrected chi connectivity index (χ4v) is 5.01. The van der Waals surface area contributed by atoms with E-state index in [-0.39, 0.29) is 5.97 Å². The highest BCUT2D eigenvalue weighted by atomic mass is 16.5. The summed E-state index contributed by atoms with van der Waals surface area (Å²) in [5.41, 5.74) is 3.27. The number of unbranched alkanes of at least 4 members (excludes halogenated alkanes) is 7. The molecule has 0 bridgehead atoms. The molecule has 1 saturated carbocycles. The van der Waals surface area contributed by atoms with Gasteiger partial charge in [-0.05, 0) is 67.0 Å². The molecule has 0 radical (unpaired) electrons. The van der Waals surface area contributed by atoms with Crippen LogP contribution in [0.2, 0.25) is 0 Å². The van der Waals surface area contributed by atoms with E-state index < -0.39 is 0 Å². The largest absolute Gasteiger partial charge is 0.423 e. The van der Waals surface area contributed by atoms with E-state index in [9.17, 15) is 4.79 Å². The molecule has 2 aromatic rings. The minimum Gasteiger partial charge on any atom is -0.423 e. The summed E-state index contributed by atoms with van der Waals surface area (Å²) >= 11 is 0. The van der Waals surface area contributed by atoms with Gasteiger partial charge in [0.05, 0.1) is 5.56 Å². The zero-order chi connectivity index (χ0) is 23.1. The first-order valence-corrected chi connectivity index (χ1v) is 13.6. The summed E-state index contributed by atoms with van der Waals surface area (Å²) in [4.78, 5) is 12.5. The molecular formula is C31H44O2. The third-order valence-electron chi connectivity index (χ3n) is 7.21. The molecule has 0 spiro atoms. The highest BCUT2D eigenvalue weighted by Gasteiger charge is 2.13. The van der Waals surface area contributed by atoms with E-state index in [2.05, 4.69) is 31.2 Å². The molecule has 1 fully saturated rings. The van der Waals surface area contributed by atoms with E-state index in [1.54, 1.807) is 0 Å². The Morgan fingerprint density at radius 3 is 1.97 bits per heavy atom. The predicted molar refractivity (Wildman–Crippen MR) is 139 cm³/mol. The number of carbonyl (C=O) groups is 1. The molecule has 2 nitrogen and oxygen atoms in total. The van der Waals surface area contributed by atoms with Crippen molar-refractivity contribution in [1.29, 1.82) is 0 Å². The Balaban J connectivity index is 1.34. The van der Waals surface area contributed by atoms with Gasteiger partial charge in [-0.2, -0.15) is 0 Å². The van der Waals surface area contributed by atoms with Crippen molar-refractivity contribution < 1.29 is 9.53 Å². The van der Waals surface area contributed by atoms with Crippen LogP contribution < -0.4 is 4.74 Å². The van der Waals surface area contributed by atoms with Gasteiger partial charge in [-0.25, -0.2) is 4.79 Å². The maximum absolute atomic E-state index is 12.5. The van der Waals surface area contributed by atoms with Gasteiger partial charge in [0.2, 0.25) is 0 Å². The fraction of sp³-hybridized carbons (Fsp3) is 0.581. The molecule has 0 unspecified atom stereocenters. The van der Waals surface area contributed by atoms with Crippen molar-refractivity contribution in [3.8, 4) is 5.75 Å². The van der Waals surface area contributed by atoms with Crippen LogP contribution in [0, 0.1) is 5.92 Å². The topological polar surface area (TPSA) is 26.3 Å². The van der Waals surface area contributed by atoms with E-state index in [1.165, 1.54) is 101 Å². The summed E-state index contributed by atoms with van der Waals surface area (Å²) < 4.78 is 5.60. The first-order chi connectivity index (χ1) is 16.2. The van der Waals surface area contributed by atoms with Gasteiger partial charge in [0.1, 0.15) is 5.75 Å². The molecule has 0 heterocycles. The van der Waals surface area contributed by atoms with Crippen molar-refractivity contribution in [2.75, 3.05) is 0 Å². The molecule has 0 aliphatic heterocycles. The number of hydrogen-bond acceptors (Lipinski definition) is 2. The molecule has 0 aromatic heterocycles. The maximum Gasteiger partial charge on any atom is 0.343 e. The molecule has 2 aromatic carbocycles. The summed E-state index contributed by atoms with van der Waals surface area (Å²) in [6.45, 7) is 2.26. The predicted octanol–water partition coefficient (Wildman–Crippen LogP) is 9.10. The molecule has 0 saturated heterocycles. The first kappa shape index (κ1) is 25.5. The number of carbonyl (C=O) groups excluding carboxylic acids is 1. The number of rotatable bonds is 14. The van der Waals surface area contributed by atoms with Gasteiger partial charge in [0.25, 0.3) is 0 Å². The summed E-state index contributed by atoms with van der Waals surface area (Å²) in [5.74, 6) is 1.25. The summed E-state index contributed by atoms with van der Waals surface area (Å²) in [6, 6.07) is 16.0. The van der Waals surface area contributed by atoms with Gasteiger partial charge in [0.15, 0.2) is 0 Å². The number of aryl methyl sites for hydroxylation is 2. The van der Waals surface area contributed by atoms with Gasteiger partial charge in [0, 0.05) is 0 Å². The average Bonchev–Trinajstić information content (AvgIpc) is 2.86. The lowest BCUT2D eigenvalue weighted by molar-refractivity contribution is 0.0734. The average molecular weight is 449 g/mol. The lowest BCUT2D eigenvalue weighted by atomic mass is 9.85. The minimum absolute atomic E-state index is 0.274. The van der Waals surface area contributed by atoms with Crippen molar-refractivity contribution in [2.24, 2.45) is 5.92 Å². The minimum atomic E-state index is -0.274.